The molecule has 3 aliphatic rings. The maximum Gasteiger partial charge on any atom is 0.255 e. The summed E-state index contributed by atoms with van der Waals surface area (Å²) in [6, 6.07) is 3.86. The van der Waals surface area contributed by atoms with E-state index in [2.05, 4.69) is 14.8 Å². The molecule has 1 saturated carbocycles. The van der Waals surface area contributed by atoms with Gasteiger partial charge in [-0.25, -0.2) is 0 Å². The van der Waals surface area contributed by atoms with Gasteiger partial charge in [-0.05, 0) is 63.6 Å². The fraction of sp³-hybridized carbons (Fsp3) is 0.727. The van der Waals surface area contributed by atoms with E-state index < -0.39 is 0 Å². The van der Waals surface area contributed by atoms with Crippen LogP contribution in [0.15, 0.2) is 18.3 Å². The first-order valence-electron chi connectivity index (χ1n) is 10.6. The van der Waals surface area contributed by atoms with Crippen LogP contribution in [-0.4, -0.2) is 53.4 Å². The van der Waals surface area contributed by atoms with Crippen molar-refractivity contribution in [2.24, 2.45) is 11.3 Å². The highest BCUT2D eigenvalue weighted by molar-refractivity contribution is 5.94. The van der Waals surface area contributed by atoms with Crippen molar-refractivity contribution in [2.45, 2.75) is 58.3 Å². The molecular formula is C22H33N3O. The van der Waals surface area contributed by atoms with Gasteiger partial charge >= 0.3 is 0 Å². The quantitative estimate of drug-likeness (QED) is 0.825. The first-order valence-corrected chi connectivity index (χ1v) is 10.6. The molecule has 142 valence electrons. The normalized spacial score (nSPS) is 28.0. The SMILES string of the molecule is Cc1ccc(C(=O)N2CCC3(CCCN(CC4CCCCC4)C3)C2)cn1. The fourth-order valence-electron chi connectivity index (χ4n) is 5.42. The Labute approximate surface area is 158 Å². The van der Waals surface area contributed by atoms with Crippen LogP contribution in [0, 0.1) is 18.3 Å². The maximum atomic E-state index is 12.9. The molecule has 1 aliphatic carbocycles. The molecule has 0 aromatic carbocycles. The van der Waals surface area contributed by atoms with Gasteiger partial charge in [0.2, 0.25) is 0 Å². The Balaban J connectivity index is 1.36. The van der Waals surface area contributed by atoms with E-state index in [1.54, 1.807) is 6.20 Å². The molecule has 26 heavy (non-hydrogen) atoms. The summed E-state index contributed by atoms with van der Waals surface area (Å²) in [5, 5.41) is 0. The predicted molar refractivity (Wildman–Crippen MR) is 104 cm³/mol. The van der Waals surface area contributed by atoms with Crippen LogP contribution < -0.4 is 0 Å². The Kier molecular flexibility index (Phi) is 5.30. The van der Waals surface area contributed by atoms with E-state index >= 15 is 0 Å². The summed E-state index contributed by atoms with van der Waals surface area (Å²) < 4.78 is 0. The van der Waals surface area contributed by atoms with Crippen LogP contribution in [0.1, 0.15) is 67.4 Å². The van der Waals surface area contributed by atoms with Crippen LogP contribution in [-0.2, 0) is 0 Å². The van der Waals surface area contributed by atoms with Crippen LogP contribution in [0.5, 0.6) is 0 Å². The highest BCUT2D eigenvalue weighted by atomic mass is 16.2. The number of rotatable bonds is 3. The second kappa shape index (κ2) is 7.67. The molecule has 2 aliphatic heterocycles. The van der Waals surface area contributed by atoms with Crippen LogP contribution in [0.3, 0.4) is 0 Å². The lowest BCUT2D eigenvalue weighted by molar-refractivity contribution is 0.0630. The lowest BCUT2D eigenvalue weighted by atomic mass is 9.78. The highest BCUT2D eigenvalue weighted by Gasteiger charge is 2.43. The Morgan fingerprint density at radius 1 is 1.12 bits per heavy atom. The van der Waals surface area contributed by atoms with Crippen molar-refractivity contribution in [3.8, 4) is 0 Å². The molecule has 4 nitrogen and oxygen atoms in total. The summed E-state index contributed by atoms with van der Waals surface area (Å²) in [5.74, 6) is 1.08. The zero-order chi connectivity index (χ0) is 18.0. The number of pyridine rings is 1. The minimum absolute atomic E-state index is 0.166. The van der Waals surface area contributed by atoms with Gasteiger partial charge in [0.25, 0.3) is 5.91 Å². The number of piperidine rings is 1. The molecule has 1 aromatic heterocycles. The van der Waals surface area contributed by atoms with E-state index in [1.807, 2.05) is 19.1 Å². The molecule has 3 fully saturated rings. The average molecular weight is 356 g/mol. The number of hydrogen-bond acceptors (Lipinski definition) is 3. The fourth-order valence-corrected chi connectivity index (χ4v) is 5.42. The Hall–Kier alpha value is -1.42. The van der Waals surface area contributed by atoms with Crippen molar-refractivity contribution in [2.75, 3.05) is 32.7 Å². The topological polar surface area (TPSA) is 36.4 Å². The number of amides is 1. The summed E-state index contributed by atoms with van der Waals surface area (Å²) in [7, 11) is 0. The molecule has 0 bridgehead atoms. The molecule has 2 saturated heterocycles. The van der Waals surface area contributed by atoms with Gasteiger partial charge in [-0.15, -0.1) is 0 Å². The Bertz CT molecular complexity index is 623. The molecule has 1 unspecified atom stereocenters. The van der Waals surface area contributed by atoms with Gasteiger partial charge in [0, 0.05) is 43.5 Å². The molecule has 1 spiro atoms. The number of nitrogens with zero attached hydrogens (tertiary/aromatic N) is 3. The molecule has 4 rings (SSSR count). The van der Waals surface area contributed by atoms with E-state index in [-0.39, 0.29) is 5.91 Å². The Morgan fingerprint density at radius 2 is 1.96 bits per heavy atom. The molecule has 4 heteroatoms. The monoisotopic (exact) mass is 355 g/mol. The van der Waals surface area contributed by atoms with Crippen molar-refractivity contribution >= 4 is 5.91 Å². The number of likely N-dealkylation sites (tertiary alicyclic amines) is 2. The second-order valence-electron chi connectivity index (χ2n) is 9.01. The van der Waals surface area contributed by atoms with Gasteiger partial charge in [0.15, 0.2) is 0 Å². The predicted octanol–water partition coefficient (Wildman–Crippen LogP) is 3.90. The van der Waals surface area contributed by atoms with E-state index in [0.29, 0.717) is 5.41 Å². The summed E-state index contributed by atoms with van der Waals surface area (Å²) >= 11 is 0. The molecule has 1 aromatic rings. The van der Waals surface area contributed by atoms with E-state index in [0.717, 1.165) is 30.3 Å². The zero-order valence-corrected chi connectivity index (χ0v) is 16.3. The first-order chi connectivity index (χ1) is 12.6. The van der Waals surface area contributed by atoms with E-state index in [4.69, 9.17) is 0 Å². The van der Waals surface area contributed by atoms with Crippen LogP contribution in [0.2, 0.25) is 0 Å². The number of carbonyl (C=O) groups excluding carboxylic acids is 1. The lowest BCUT2D eigenvalue weighted by Crippen LogP contribution is -2.47. The third kappa shape index (κ3) is 3.95. The lowest BCUT2D eigenvalue weighted by Gasteiger charge is -2.42. The second-order valence-corrected chi connectivity index (χ2v) is 9.01. The van der Waals surface area contributed by atoms with Crippen LogP contribution in [0.25, 0.3) is 0 Å². The van der Waals surface area contributed by atoms with E-state index in [1.165, 1.54) is 71.0 Å². The summed E-state index contributed by atoms with van der Waals surface area (Å²) in [4.78, 5) is 22.0. The van der Waals surface area contributed by atoms with Crippen molar-refractivity contribution in [3.05, 3.63) is 29.6 Å². The molecule has 1 atom stereocenters. The van der Waals surface area contributed by atoms with Crippen molar-refractivity contribution in [1.29, 1.82) is 0 Å². The van der Waals surface area contributed by atoms with Gasteiger partial charge in [-0.2, -0.15) is 0 Å². The standard InChI is InChI=1S/C22H33N3O/c1-18-8-9-20(14-23-18)21(26)25-13-11-22(17-25)10-5-12-24(16-22)15-19-6-3-2-4-7-19/h8-9,14,19H,2-7,10-13,15-17H2,1H3. The highest BCUT2D eigenvalue weighted by Crippen LogP contribution is 2.40. The number of hydrogen-bond donors (Lipinski definition) is 0. The summed E-state index contributed by atoms with van der Waals surface area (Å²) in [5.41, 5.74) is 2.04. The average Bonchev–Trinajstić information content (AvgIpc) is 3.06. The van der Waals surface area contributed by atoms with E-state index in [9.17, 15) is 4.79 Å². The van der Waals surface area contributed by atoms with Gasteiger partial charge in [0.1, 0.15) is 0 Å². The van der Waals surface area contributed by atoms with Gasteiger partial charge in [0.05, 0.1) is 5.56 Å². The Morgan fingerprint density at radius 3 is 2.73 bits per heavy atom. The zero-order valence-electron chi connectivity index (χ0n) is 16.3. The molecule has 0 N–H and O–H groups in total. The minimum atomic E-state index is 0.166. The van der Waals surface area contributed by atoms with Crippen molar-refractivity contribution in [1.82, 2.24) is 14.8 Å². The smallest absolute Gasteiger partial charge is 0.255 e. The van der Waals surface area contributed by atoms with Crippen molar-refractivity contribution < 1.29 is 4.79 Å². The third-order valence-electron chi connectivity index (χ3n) is 6.87. The van der Waals surface area contributed by atoms with Gasteiger partial charge in [-0.1, -0.05) is 19.3 Å². The summed E-state index contributed by atoms with van der Waals surface area (Å²) in [6.07, 6.45) is 12.6. The largest absolute Gasteiger partial charge is 0.338 e. The third-order valence-corrected chi connectivity index (χ3v) is 6.87. The van der Waals surface area contributed by atoms with Crippen molar-refractivity contribution in [3.63, 3.8) is 0 Å². The molecule has 3 heterocycles. The maximum absolute atomic E-state index is 12.9. The number of aryl methyl sites for hydroxylation is 1. The molecule has 1 amide bonds. The summed E-state index contributed by atoms with van der Waals surface area (Å²) in [6.45, 7) is 7.54. The number of carbonyl (C=O) groups is 1. The number of aromatic nitrogens is 1. The van der Waals surface area contributed by atoms with Gasteiger partial charge in [-0.3, -0.25) is 9.78 Å². The minimum Gasteiger partial charge on any atom is -0.338 e. The van der Waals surface area contributed by atoms with Gasteiger partial charge < -0.3 is 9.80 Å². The molecule has 0 radical (unpaired) electrons. The van der Waals surface area contributed by atoms with Crippen LogP contribution in [0.4, 0.5) is 0 Å². The van der Waals surface area contributed by atoms with Crippen LogP contribution >= 0.6 is 0 Å². The molecular weight excluding hydrogens is 322 g/mol. The first kappa shape index (κ1) is 18.0.